The van der Waals surface area contributed by atoms with Crippen LogP contribution in [0.5, 0.6) is 0 Å². The number of rotatable bonds is 2. The molecule has 0 aliphatic carbocycles. The van der Waals surface area contributed by atoms with Crippen molar-refractivity contribution in [2.24, 2.45) is 5.73 Å². The molecule has 1 aromatic heterocycles. The number of nitrogens with zero attached hydrogens (tertiary/aromatic N) is 2. The van der Waals surface area contributed by atoms with Gasteiger partial charge in [0.2, 0.25) is 0 Å². The average Bonchev–Trinajstić information content (AvgIpc) is 2.69. The summed E-state index contributed by atoms with van der Waals surface area (Å²) in [6.45, 7) is 5.50. The summed E-state index contributed by atoms with van der Waals surface area (Å²) in [6.07, 6.45) is 2.87. The average molecular weight is 207 g/mol. The Bertz CT molecular complexity index is 346. The Hall–Kier alpha value is -1.00. The molecule has 2 heterocycles. The van der Waals surface area contributed by atoms with Gasteiger partial charge in [0.15, 0.2) is 0 Å². The summed E-state index contributed by atoms with van der Waals surface area (Å²) in [5.74, 6) is 1.26. The van der Waals surface area contributed by atoms with Gasteiger partial charge in [0.25, 0.3) is 0 Å². The molecule has 15 heavy (non-hydrogen) atoms. The Morgan fingerprint density at radius 2 is 2.40 bits per heavy atom. The topological polar surface area (TPSA) is 61.0 Å². The van der Waals surface area contributed by atoms with E-state index in [0.717, 1.165) is 36.7 Å². The highest BCUT2D eigenvalue weighted by Gasteiger charge is 2.21. The third-order valence-electron chi connectivity index (χ3n) is 2.82. The molecule has 0 aromatic carbocycles. The van der Waals surface area contributed by atoms with Crippen molar-refractivity contribution in [1.82, 2.24) is 9.97 Å². The molecule has 1 aliphatic rings. The van der Waals surface area contributed by atoms with Crippen LogP contribution in [0.4, 0.5) is 0 Å². The van der Waals surface area contributed by atoms with Crippen LogP contribution in [0.2, 0.25) is 0 Å². The van der Waals surface area contributed by atoms with Crippen LogP contribution < -0.4 is 5.73 Å². The van der Waals surface area contributed by atoms with Crippen molar-refractivity contribution in [3.8, 4) is 0 Å². The van der Waals surface area contributed by atoms with E-state index < -0.39 is 0 Å². The predicted octanol–water partition coefficient (Wildman–Crippen LogP) is 1.31. The highest BCUT2D eigenvalue weighted by Crippen LogP contribution is 2.23. The fraction of sp³-hybridized carbons (Fsp3) is 0.636. The first-order valence-corrected chi connectivity index (χ1v) is 5.35. The smallest absolute Gasteiger partial charge is 0.134 e. The van der Waals surface area contributed by atoms with Gasteiger partial charge in [-0.15, -0.1) is 0 Å². The van der Waals surface area contributed by atoms with Gasteiger partial charge in [-0.3, -0.25) is 0 Å². The fourth-order valence-electron chi connectivity index (χ4n) is 1.88. The summed E-state index contributed by atoms with van der Waals surface area (Å²) in [4.78, 5) is 8.88. The van der Waals surface area contributed by atoms with E-state index in [1.54, 1.807) is 0 Å². The van der Waals surface area contributed by atoms with E-state index in [9.17, 15) is 0 Å². The quantitative estimate of drug-likeness (QED) is 0.794. The molecular weight excluding hydrogens is 190 g/mol. The van der Waals surface area contributed by atoms with E-state index >= 15 is 0 Å². The lowest BCUT2D eigenvalue weighted by molar-refractivity contribution is 0.193. The van der Waals surface area contributed by atoms with Gasteiger partial charge in [0.05, 0.1) is 6.61 Å². The Morgan fingerprint density at radius 3 is 2.93 bits per heavy atom. The van der Waals surface area contributed by atoms with Crippen LogP contribution >= 0.6 is 0 Å². The lowest BCUT2D eigenvalue weighted by Gasteiger charge is -2.11. The molecule has 4 nitrogen and oxygen atoms in total. The van der Waals surface area contributed by atoms with Crippen molar-refractivity contribution in [2.75, 3.05) is 13.2 Å². The summed E-state index contributed by atoms with van der Waals surface area (Å²) >= 11 is 0. The maximum atomic E-state index is 5.81. The van der Waals surface area contributed by atoms with Crippen molar-refractivity contribution < 1.29 is 4.74 Å². The molecule has 2 N–H and O–H groups in total. The Kier molecular flexibility index (Phi) is 2.98. The number of ether oxygens (including phenoxy) is 1. The summed E-state index contributed by atoms with van der Waals surface area (Å²) in [7, 11) is 0. The maximum absolute atomic E-state index is 5.81. The molecular formula is C11H17N3O. The van der Waals surface area contributed by atoms with Crippen LogP contribution in [-0.2, 0) is 4.74 Å². The number of aryl methyl sites for hydroxylation is 1. The number of nitrogens with two attached hydrogens (primary N) is 1. The Labute approximate surface area is 89.9 Å². The Morgan fingerprint density at radius 1 is 1.60 bits per heavy atom. The maximum Gasteiger partial charge on any atom is 0.134 e. The molecule has 1 fully saturated rings. The molecule has 0 amide bonds. The van der Waals surface area contributed by atoms with Crippen LogP contribution in [0.3, 0.4) is 0 Å². The second kappa shape index (κ2) is 4.24. The van der Waals surface area contributed by atoms with E-state index in [0.29, 0.717) is 5.92 Å². The fourth-order valence-corrected chi connectivity index (χ4v) is 1.88. The molecule has 82 valence electrons. The van der Waals surface area contributed by atoms with E-state index in [2.05, 4.69) is 9.97 Å². The molecule has 0 bridgehead atoms. The second-order valence-electron chi connectivity index (χ2n) is 4.12. The van der Waals surface area contributed by atoms with Crippen LogP contribution in [0, 0.1) is 6.92 Å². The molecule has 2 atom stereocenters. The first kappa shape index (κ1) is 10.5. The monoisotopic (exact) mass is 207 g/mol. The molecule has 0 spiro atoms. The molecule has 0 saturated carbocycles. The molecule has 1 saturated heterocycles. The zero-order chi connectivity index (χ0) is 10.8. The standard InChI is InChI=1S/C11H17N3O/c1-7(12)10-5-13-11(14-8(10)2)9-3-4-15-6-9/h5,7,9H,3-4,6,12H2,1-2H3/t7-,9?/m0/s1. The van der Waals surface area contributed by atoms with Crippen LogP contribution in [0.1, 0.15) is 42.4 Å². The number of hydrogen-bond acceptors (Lipinski definition) is 4. The van der Waals surface area contributed by atoms with Crippen LogP contribution in [0.15, 0.2) is 6.20 Å². The van der Waals surface area contributed by atoms with Crippen molar-refractivity contribution >= 4 is 0 Å². The van der Waals surface area contributed by atoms with E-state index in [1.807, 2.05) is 20.0 Å². The summed E-state index contributed by atoms with van der Waals surface area (Å²) in [5.41, 5.74) is 7.83. The van der Waals surface area contributed by atoms with Gasteiger partial charge in [-0.2, -0.15) is 0 Å². The second-order valence-corrected chi connectivity index (χ2v) is 4.12. The van der Waals surface area contributed by atoms with Gasteiger partial charge >= 0.3 is 0 Å². The largest absolute Gasteiger partial charge is 0.381 e. The summed E-state index contributed by atoms with van der Waals surface area (Å²) in [5, 5.41) is 0. The lowest BCUT2D eigenvalue weighted by Crippen LogP contribution is -2.12. The zero-order valence-corrected chi connectivity index (χ0v) is 9.23. The number of hydrogen-bond donors (Lipinski definition) is 1. The summed E-state index contributed by atoms with van der Waals surface area (Å²) < 4.78 is 5.32. The number of aromatic nitrogens is 2. The first-order chi connectivity index (χ1) is 7.18. The Balaban J connectivity index is 2.24. The molecule has 1 aliphatic heterocycles. The minimum absolute atomic E-state index is 0.00104. The molecule has 1 aromatic rings. The third kappa shape index (κ3) is 2.16. The van der Waals surface area contributed by atoms with Gasteiger partial charge in [-0.25, -0.2) is 9.97 Å². The van der Waals surface area contributed by atoms with Gasteiger partial charge in [0.1, 0.15) is 5.82 Å². The van der Waals surface area contributed by atoms with Crippen molar-refractivity contribution in [2.45, 2.75) is 32.2 Å². The third-order valence-corrected chi connectivity index (χ3v) is 2.82. The zero-order valence-electron chi connectivity index (χ0n) is 9.23. The predicted molar refractivity (Wildman–Crippen MR) is 57.5 cm³/mol. The minimum Gasteiger partial charge on any atom is -0.381 e. The molecule has 0 radical (unpaired) electrons. The van der Waals surface area contributed by atoms with Gasteiger partial charge < -0.3 is 10.5 Å². The molecule has 2 rings (SSSR count). The van der Waals surface area contributed by atoms with Gasteiger partial charge in [0, 0.05) is 36.0 Å². The van der Waals surface area contributed by atoms with E-state index in [1.165, 1.54) is 0 Å². The molecule has 4 heteroatoms. The van der Waals surface area contributed by atoms with Crippen LogP contribution in [-0.4, -0.2) is 23.2 Å². The minimum atomic E-state index is -0.00104. The van der Waals surface area contributed by atoms with Gasteiger partial charge in [-0.05, 0) is 20.3 Å². The van der Waals surface area contributed by atoms with Gasteiger partial charge in [-0.1, -0.05) is 0 Å². The normalized spacial score (nSPS) is 23.0. The van der Waals surface area contributed by atoms with Crippen LogP contribution in [0.25, 0.3) is 0 Å². The SMILES string of the molecule is Cc1nc(C2CCOC2)ncc1[C@H](C)N. The van der Waals surface area contributed by atoms with E-state index in [-0.39, 0.29) is 6.04 Å². The van der Waals surface area contributed by atoms with Crippen molar-refractivity contribution in [3.63, 3.8) is 0 Å². The molecule has 1 unspecified atom stereocenters. The van der Waals surface area contributed by atoms with Crippen molar-refractivity contribution in [3.05, 3.63) is 23.3 Å². The van der Waals surface area contributed by atoms with E-state index in [4.69, 9.17) is 10.5 Å². The van der Waals surface area contributed by atoms with Crippen molar-refractivity contribution in [1.29, 1.82) is 0 Å². The highest BCUT2D eigenvalue weighted by molar-refractivity contribution is 5.20. The summed E-state index contributed by atoms with van der Waals surface area (Å²) in [6, 6.07) is -0.00104. The lowest BCUT2D eigenvalue weighted by atomic mass is 10.1. The highest BCUT2D eigenvalue weighted by atomic mass is 16.5. The first-order valence-electron chi connectivity index (χ1n) is 5.35.